The Labute approximate surface area is 184 Å². The molecule has 0 radical (unpaired) electrons. The molecular formula is C23H13BrF2N4O. The SMILES string of the molecule is O=C(NCC#CBr)c1cnc2nc(-c3ccc(F)cc3)c(-c3ccc(F)cc3)nc2c1. The van der Waals surface area contributed by atoms with Crippen LogP contribution in [0.15, 0.2) is 60.8 Å². The fourth-order valence-electron chi connectivity index (χ4n) is 2.95. The zero-order valence-corrected chi connectivity index (χ0v) is 17.5. The molecule has 152 valence electrons. The van der Waals surface area contributed by atoms with E-state index in [1.165, 1.54) is 30.5 Å². The van der Waals surface area contributed by atoms with E-state index in [9.17, 15) is 13.6 Å². The third-order valence-electron chi connectivity index (χ3n) is 4.42. The highest BCUT2D eigenvalue weighted by Gasteiger charge is 2.16. The third-order valence-corrected chi connectivity index (χ3v) is 4.70. The number of rotatable bonds is 4. The van der Waals surface area contributed by atoms with Gasteiger partial charge in [0.1, 0.15) is 17.2 Å². The molecule has 4 rings (SSSR count). The number of halogens is 3. The van der Waals surface area contributed by atoms with Gasteiger partial charge < -0.3 is 5.32 Å². The maximum absolute atomic E-state index is 13.4. The van der Waals surface area contributed by atoms with Crippen LogP contribution >= 0.6 is 15.9 Å². The minimum Gasteiger partial charge on any atom is -0.341 e. The summed E-state index contributed by atoms with van der Waals surface area (Å²) in [6.45, 7) is 0.179. The number of aromatic nitrogens is 3. The highest BCUT2D eigenvalue weighted by molar-refractivity contribution is 9.12. The zero-order valence-electron chi connectivity index (χ0n) is 15.9. The third kappa shape index (κ3) is 4.57. The Morgan fingerprint density at radius 1 is 0.935 bits per heavy atom. The van der Waals surface area contributed by atoms with Gasteiger partial charge in [-0.15, -0.1) is 0 Å². The average Bonchev–Trinajstić information content (AvgIpc) is 2.79. The van der Waals surface area contributed by atoms with Crippen LogP contribution in [0.3, 0.4) is 0 Å². The Bertz CT molecular complexity index is 1330. The van der Waals surface area contributed by atoms with Crippen molar-refractivity contribution in [3.8, 4) is 33.3 Å². The Kier molecular flexibility index (Phi) is 5.96. The van der Waals surface area contributed by atoms with E-state index in [2.05, 4.69) is 46.9 Å². The molecule has 5 nitrogen and oxygen atoms in total. The Balaban J connectivity index is 1.85. The standard InChI is InChI=1S/C23H13BrF2N4O/c24-10-1-11-27-23(31)16-12-19-22(28-13-16)30-21(15-4-8-18(26)9-5-15)20(29-19)14-2-6-17(25)7-3-14/h2-9,12-13H,11H2,(H,27,31). The van der Waals surface area contributed by atoms with Gasteiger partial charge in [-0.25, -0.2) is 23.7 Å². The van der Waals surface area contributed by atoms with Crippen molar-refractivity contribution in [2.75, 3.05) is 6.54 Å². The van der Waals surface area contributed by atoms with Crippen molar-refractivity contribution in [2.24, 2.45) is 0 Å². The van der Waals surface area contributed by atoms with Gasteiger partial charge >= 0.3 is 0 Å². The van der Waals surface area contributed by atoms with Crippen molar-refractivity contribution in [2.45, 2.75) is 0 Å². The summed E-state index contributed by atoms with van der Waals surface area (Å²) in [6, 6.07) is 13.2. The van der Waals surface area contributed by atoms with E-state index in [4.69, 9.17) is 0 Å². The van der Waals surface area contributed by atoms with Crippen molar-refractivity contribution < 1.29 is 13.6 Å². The van der Waals surface area contributed by atoms with E-state index in [-0.39, 0.29) is 24.1 Å². The largest absolute Gasteiger partial charge is 0.341 e. The lowest BCUT2D eigenvalue weighted by Crippen LogP contribution is -2.23. The van der Waals surface area contributed by atoms with Gasteiger partial charge in [-0.1, -0.05) is 5.92 Å². The Morgan fingerprint density at radius 2 is 1.52 bits per heavy atom. The topological polar surface area (TPSA) is 67.8 Å². The molecule has 1 amide bonds. The molecule has 2 heterocycles. The Morgan fingerprint density at radius 3 is 2.10 bits per heavy atom. The lowest BCUT2D eigenvalue weighted by atomic mass is 10.0. The first-order chi connectivity index (χ1) is 15.0. The summed E-state index contributed by atoms with van der Waals surface area (Å²) in [5, 5.41) is 2.65. The highest BCUT2D eigenvalue weighted by Crippen LogP contribution is 2.31. The first-order valence-corrected chi connectivity index (χ1v) is 9.91. The molecule has 31 heavy (non-hydrogen) atoms. The summed E-state index contributed by atoms with van der Waals surface area (Å²) < 4.78 is 26.9. The number of nitrogens with one attached hydrogen (secondary N) is 1. The van der Waals surface area contributed by atoms with Gasteiger partial charge in [-0.05, 0) is 59.4 Å². The molecule has 0 aliphatic heterocycles. The lowest BCUT2D eigenvalue weighted by Gasteiger charge is -2.11. The van der Waals surface area contributed by atoms with Crippen LogP contribution < -0.4 is 5.32 Å². The van der Waals surface area contributed by atoms with E-state index >= 15 is 0 Å². The maximum Gasteiger partial charge on any atom is 0.253 e. The van der Waals surface area contributed by atoms with Gasteiger partial charge in [0.2, 0.25) is 0 Å². The van der Waals surface area contributed by atoms with Crippen molar-refractivity contribution in [3.63, 3.8) is 0 Å². The van der Waals surface area contributed by atoms with E-state index < -0.39 is 0 Å². The molecule has 4 aromatic rings. The maximum atomic E-state index is 13.4. The molecular weight excluding hydrogens is 466 g/mol. The summed E-state index contributed by atoms with van der Waals surface area (Å²) in [5.41, 5.74) is 3.20. The fraction of sp³-hybridized carbons (Fsp3) is 0.0435. The van der Waals surface area contributed by atoms with Crippen LogP contribution in [0.2, 0.25) is 0 Å². The smallest absolute Gasteiger partial charge is 0.253 e. The van der Waals surface area contributed by atoms with Crippen molar-refractivity contribution in [3.05, 3.63) is 78.0 Å². The van der Waals surface area contributed by atoms with Gasteiger partial charge in [0.05, 0.1) is 23.5 Å². The monoisotopic (exact) mass is 478 g/mol. The number of nitrogens with zero attached hydrogens (tertiary/aromatic N) is 3. The molecule has 8 heteroatoms. The van der Waals surface area contributed by atoms with Crippen molar-refractivity contribution >= 4 is 33.0 Å². The Hall–Kier alpha value is -3.70. The summed E-state index contributed by atoms with van der Waals surface area (Å²) in [4.78, 5) is 28.4. The lowest BCUT2D eigenvalue weighted by molar-refractivity contribution is 0.0958. The van der Waals surface area contributed by atoms with Gasteiger partial charge in [0.25, 0.3) is 5.91 Å². The second kappa shape index (κ2) is 8.98. The molecule has 1 N–H and O–H groups in total. The molecule has 0 atom stereocenters. The number of fused-ring (bicyclic) bond motifs is 1. The molecule has 0 saturated carbocycles. The number of hydrogen-bond acceptors (Lipinski definition) is 4. The summed E-state index contributed by atoms with van der Waals surface area (Å²) in [7, 11) is 0. The summed E-state index contributed by atoms with van der Waals surface area (Å²) in [6.07, 6.45) is 1.40. The molecule has 0 saturated heterocycles. The highest BCUT2D eigenvalue weighted by atomic mass is 79.9. The number of benzene rings is 2. The van der Waals surface area contributed by atoms with Crippen molar-refractivity contribution in [1.29, 1.82) is 0 Å². The van der Waals surface area contributed by atoms with Gasteiger partial charge in [0, 0.05) is 33.3 Å². The fourth-order valence-corrected chi connectivity index (χ4v) is 3.09. The molecule has 2 aromatic carbocycles. The van der Waals surface area contributed by atoms with Gasteiger partial charge in [0.15, 0.2) is 5.65 Å². The van der Waals surface area contributed by atoms with Crippen LogP contribution in [0.1, 0.15) is 10.4 Å². The second-order valence-electron chi connectivity index (χ2n) is 6.46. The van der Waals surface area contributed by atoms with Crippen LogP contribution in [0.5, 0.6) is 0 Å². The van der Waals surface area contributed by atoms with E-state index in [0.29, 0.717) is 39.2 Å². The molecule has 2 aromatic heterocycles. The number of carbonyl (C=O) groups is 1. The van der Waals surface area contributed by atoms with Crippen LogP contribution in [-0.4, -0.2) is 27.4 Å². The quantitative estimate of drug-likeness (QED) is 0.430. The number of carbonyl (C=O) groups excluding carboxylic acids is 1. The minimum atomic E-state index is -0.381. The predicted molar refractivity (Wildman–Crippen MR) is 117 cm³/mol. The van der Waals surface area contributed by atoms with E-state index in [0.717, 1.165) is 0 Å². The molecule has 0 bridgehead atoms. The number of hydrogen-bond donors (Lipinski definition) is 1. The predicted octanol–water partition coefficient (Wildman–Crippen LogP) is 4.72. The summed E-state index contributed by atoms with van der Waals surface area (Å²) in [5.74, 6) is 1.57. The number of pyridine rings is 1. The molecule has 0 aliphatic rings. The molecule has 0 fully saturated rings. The van der Waals surface area contributed by atoms with Crippen LogP contribution in [0.4, 0.5) is 8.78 Å². The van der Waals surface area contributed by atoms with E-state index in [1.54, 1.807) is 30.3 Å². The second-order valence-corrected chi connectivity index (χ2v) is 6.85. The summed E-state index contributed by atoms with van der Waals surface area (Å²) >= 11 is 2.97. The first kappa shape index (κ1) is 20.6. The van der Waals surface area contributed by atoms with Crippen LogP contribution in [0, 0.1) is 22.4 Å². The number of amides is 1. The zero-order chi connectivity index (χ0) is 21.8. The van der Waals surface area contributed by atoms with Gasteiger partial charge in [-0.2, -0.15) is 0 Å². The van der Waals surface area contributed by atoms with Crippen LogP contribution in [0.25, 0.3) is 33.7 Å². The van der Waals surface area contributed by atoms with Crippen LogP contribution in [-0.2, 0) is 0 Å². The molecule has 0 aliphatic carbocycles. The van der Waals surface area contributed by atoms with Crippen molar-refractivity contribution in [1.82, 2.24) is 20.3 Å². The average molecular weight is 479 g/mol. The van der Waals surface area contributed by atoms with E-state index in [1.807, 2.05) is 0 Å². The van der Waals surface area contributed by atoms with Gasteiger partial charge in [-0.3, -0.25) is 4.79 Å². The minimum absolute atomic E-state index is 0.179. The molecule has 0 spiro atoms. The first-order valence-electron chi connectivity index (χ1n) is 9.11. The normalized spacial score (nSPS) is 10.4. The molecule has 0 unspecified atom stereocenters.